The Balaban J connectivity index is 2.13. The van der Waals surface area contributed by atoms with Crippen molar-refractivity contribution >= 4 is 0 Å². The second-order valence-electron chi connectivity index (χ2n) is 5.17. The number of ether oxygens (including phenoxy) is 1. The highest BCUT2D eigenvalue weighted by Crippen LogP contribution is 2.29. The van der Waals surface area contributed by atoms with E-state index in [1.807, 2.05) is 13.8 Å². The van der Waals surface area contributed by atoms with Gasteiger partial charge < -0.3 is 9.84 Å². The first-order valence-electron chi connectivity index (χ1n) is 6.04. The summed E-state index contributed by atoms with van der Waals surface area (Å²) in [5.41, 5.74) is 1.12. The van der Waals surface area contributed by atoms with E-state index < -0.39 is 5.60 Å². The molecule has 2 rings (SSSR count). The van der Waals surface area contributed by atoms with Crippen molar-refractivity contribution in [2.24, 2.45) is 5.92 Å². The highest BCUT2D eigenvalue weighted by Gasteiger charge is 2.35. The summed E-state index contributed by atoms with van der Waals surface area (Å²) in [5.74, 6) is -0.0537. The van der Waals surface area contributed by atoms with Crippen molar-refractivity contribution in [2.45, 2.75) is 32.3 Å². The molecule has 1 heterocycles. The maximum Gasteiger partial charge on any atom is 0.123 e. The van der Waals surface area contributed by atoms with E-state index in [1.54, 1.807) is 6.07 Å². The average Bonchev–Trinajstić information content (AvgIpc) is 2.76. The molecule has 2 unspecified atom stereocenters. The summed E-state index contributed by atoms with van der Waals surface area (Å²) in [7, 11) is 0. The van der Waals surface area contributed by atoms with Gasteiger partial charge in [0.05, 0.1) is 12.2 Å². The number of rotatable bonds is 3. The van der Waals surface area contributed by atoms with E-state index in [4.69, 9.17) is 4.74 Å². The molecule has 0 saturated carbocycles. The number of aliphatic hydroxyl groups is 1. The summed E-state index contributed by atoms with van der Waals surface area (Å²) in [4.78, 5) is 0. The lowest BCUT2D eigenvalue weighted by Crippen LogP contribution is -2.37. The van der Waals surface area contributed by atoms with Crippen LogP contribution in [0.3, 0.4) is 0 Å². The third-order valence-electron chi connectivity index (χ3n) is 3.66. The number of benzene rings is 1. The van der Waals surface area contributed by atoms with Crippen LogP contribution in [-0.2, 0) is 11.2 Å². The van der Waals surface area contributed by atoms with Gasteiger partial charge in [-0.05, 0) is 43.5 Å². The topological polar surface area (TPSA) is 29.5 Å². The molecule has 1 aromatic carbocycles. The summed E-state index contributed by atoms with van der Waals surface area (Å²) < 4.78 is 18.3. The molecule has 1 saturated heterocycles. The Kier molecular flexibility index (Phi) is 3.50. The van der Waals surface area contributed by atoms with Crippen molar-refractivity contribution in [1.29, 1.82) is 0 Å². The fourth-order valence-corrected chi connectivity index (χ4v) is 2.41. The first kappa shape index (κ1) is 12.5. The summed E-state index contributed by atoms with van der Waals surface area (Å²) >= 11 is 0. The summed E-state index contributed by atoms with van der Waals surface area (Å²) in [6.07, 6.45) is 1.44. The number of halogens is 1. The SMILES string of the molecule is Cc1cc(F)ccc1CC(C)(O)C1CCOC1. The fraction of sp³-hybridized carbons (Fsp3) is 0.571. The monoisotopic (exact) mass is 238 g/mol. The van der Waals surface area contributed by atoms with Gasteiger partial charge in [-0.15, -0.1) is 0 Å². The number of hydrogen-bond acceptors (Lipinski definition) is 2. The van der Waals surface area contributed by atoms with E-state index in [0.717, 1.165) is 24.2 Å². The molecule has 1 fully saturated rings. The molecule has 3 heteroatoms. The largest absolute Gasteiger partial charge is 0.389 e. The van der Waals surface area contributed by atoms with Gasteiger partial charge in [0.1, 0.15) is 5.82 Å². The van der Waals surface area contributed by atoms with Crippen molar-refractivity contribution in [1.82, 2.24) is 0 Å². The summed E-state index contributed by atoms with van der Waals surface area (Å²) in [5, 5.41) is 10.5. The van der Waals surface area contributed by atoms with Gasteiger partial charge in [-0.3, -0.25) is 0 Å². The van der Waals surface area contributed by atoms with Crippen molar-refractivity contribution < 1.29 is 14.2 Å². The molecule has 1 N–H and O–H groups in total. The van der Waals surface area contributed by atoms with Gasteiger partial charge in [-0.25, -0.2) is 4.39 Å². The molecule has 0 radical (unpaired) electrons. The summed E-state index contributed by atoms with van der Waals surface area (Å²) in [6, 6.07) is 4.72. The van der Waals surface area contributed by atoms with Crippen molar-refractivity contribution in [3.63, 3.8) is 0 Å². The molecule has 17 heavy (non-hydrogen) atoms. The lowest BCUT2D eigenvalue weighted by atomic mass is 9.82. The van der Waals surface area contributed by atoms with Crippen LogP contribution in [0.4, 0.5) is 4.39 Å². The Hall–Kier alpha value is -0.930. The van der Waals surface area contributed by atoms with Gasteiger partial charge in [-0.1, -0.05) is 6.07 Å². The average molecular weight is 238 g/mol. The van der Waals surface area contributed by atoms with Crippen LogP contribution in [-0.4, -0.2) is 23.9 Å². The Morgan fingerprint density at radius 1 is 1.53 bits per heavy atom. The Morgan fingerprint density at radius 2 is 2.29 bits per heavy atom. The minimum Gasteiger partial charge on any atom is -0.389 e. The maximum atomic E-state index is 13.0. The molecule has 0 bridgehead atoms. The van der Waals surface area contributed by atoms with Crippen molar-refractivity contribution in [2.75, 3.05) is 13.2 Å². The van der Waals surface area contributed by atoms with Crippen LogP contribution in [0.5, 0.6) is 0 Å². The molecular formula is C14H19FO2. The normalized spacial score (nSPS) is 23.6. The van der Waals surface area contributed by atoms with E-state index in [2.05, 4.69) is 0 Å². The highest BCUT2D eigenvalue weighted by molar-refractivity contribution is 5.28. The van der Waals surface area contributed by atoms with Crippen LogP contribution in [0, 0.1) is 18.7 Å². The predicted molar refractivity (Wildman–Crippen MR) is 64.4 cm³/mol. The van der Waals surface area contributed by atoms with E-state index >= 15 is 0 Å². The van der Waals surface area contributed by atoms with Gasteiger partial charge in [0.15, 0.2) is 0 Å². The zero-order chi connectivity index (χ0) is 12.5. The van der Waals surface area contributed by atoms with Gasteiger partial charge in [0, 0.05) is 18.9 Å². The summed E-state index contributed by atoms with van der Waals surface area (Å²) in [6.45, 7) is 5.06. The first-order valence-corrected chi connectivity index (χ1v) is 6.04. The molecule has 94 valence electrons. The minimum absolute atomic E-state index is 0.173. The van der Waals surface area contributed by atoms with Crippen LogP contribution < -0.4 is 0 Å². The standard InChI is InChI=1S/C14H19FO2/c1-10-7-13(15)4-3-11(10)8-14(2,16)12-5-6-17-9-12/h3-4,7,12,16H,5-6,8-9H2,1-2H3. The van der Waals surface area contributed by atoms with Crippen LogP contribution >= 0.6 is 0 Å². The van der Waals surface area contributed by atoms with Gasteiger partial charge in [0.25, 0.3) is 0 Å². The number of aryl methyl sites for hydroxylation is 1. The maximum absolute atomic E-state index is 13.0. The lowest BCUT2D eigenvalue weighted by Gasteiger charge is -2.29. The molecule has 2 atom stereocenters. The molecular weight excluding hydrogens is 219 g/mol. The molecule has 1 aliphatic heterocycles. The first-order chi connectivity index (χ1) is 7.99. The van der Waals surface area contributed by atoms with E-state index in [1.165, 1.54) is 12.1 Å². The van der Waals surface area contributed by atoms with Crippen LogP contribution in [0.2, 0.25) is 0 Å². The Morgan fingerprint density at radius 3 is 2.88 bits per heavy atom. The van der Waals surface area contributed by atoms with Gasteiger partial charge in [0.2, 0.25) is 0 Å². The van der Waals surface area contributed by atoms with Gasteiger partial charge >= 0.3 is 0 Å². The zero-order valence-corrected chi connectivity index (χ0v) is 10.4. The lowest BCUT2D eigenvalue weighted by molar-refractivity contribution is -0.00467. The van der Waals surface area contributed by atoms with E-state index in [0.29, 0.717) is 13.0 Å². The second-order valence-corrected chi connectivity index (χ2v) is 5.17. The minimum atomic E-state index is -0.779. The molecule has 2 nitrogen and oxygen atoms in total. The molecule has 0 aromatic heterocycles. The van der Waals surface area contributed by atoms with E-state index in [9.17, 15) is 9.50 Å². The quantitative estimate of drug-likeness (QED) is 0.876. The van der Waals surface area contributed by atoms with E-state index in [-0.39, 0.29) is 11.7 Å². The Labute approximate surface area is 101 Å². The zero-order valence-electron chi connectivity index (χ0n) is 10.4. The molecule has 1 aliphatic rings. The van der Waals surface area contributed by atoms with Crippen LogP contribution in [0.15, 0.2) is 18.2 Å². The molecule has 0 aliphatic carbocycles. The fourth-order valence-electron chi connectivity index (χ4n) is 2.41. The van der Waals surface area contributed by atoms with Gasteiger partial charge in [-0.2, -0.15) is 0 Å². The van der Waals surface area contributed by atoms with Crippen LogP contribution in [0.25, 0.3) is 0 Å². The molecule has 0 amide bonds. The molecule has 1 aromatic rings. The van der Waals surface area contributed by atoms with Crippen molar-refractivity contribution in [3.8, 4) is 0 Å². The Bertz CT molecular complexity index is 395. The molecule has 0 spiro atoms. The predicted octanol–water partition coefficient (Wildman–Crippen LogP) is 2.46. The van der Waals surface area contributed by atoms with Crippen LogP contribution in [0.1, 0.15) is 24.5 Å². The second kappa shape index (κ2) is 4.75. The third-order valence-corrected chi connectivity index (χ3v) is 3.66. The highest BCUT2D eigenvalue weighted by atomic mass is 19.1. The smallest absolute Gasteiger partial charge is 0.123 e. The third kappa shape index (κ3) is 2.85. The van der Waals surface area contributed by atoms with Crippen molar-refractivity contribution in [3.05, 3.63) is 35.1 Å². The number of hydrogen-bond donors (Lipinski definition) is 1.